The summed E-state index contributed by atoms with van der Waals surface area (Å²) in [5.74, 6) is -0.553. The van der Waals surface area contributed by atoms with E-state index < -0.39 is 11.8 Å². The summed E-state index contributed by atoms with van der Waals surface area (Å²) < 4.78 is 24.0. The van der Waals surface area contributed by atoms with Gasteiger partial charge in [0.1, 0.15) is 17.1 Å². The second-order valence-corrected chi connectivity index (χ2v) is 5.04. The van der Waals surface area contributed by atoms with Crippen LogP contribution < -0.4 is 0 Å². The van der Waals surface area contributed by atoms with E-state index in [1.807, 2.05) is 0 Å². The fraction of sp³-hybridized carbons (Fsp3) is 0.286. The molecule has 0 spiro atoms. The predicted octanol–water partition coefficient (Wildman–Crippen LogP) is 3.80. The van der Waals surface area contributed by atoms with Crippen LogP contribution in [0.15, 0.2) is 22.7 Å². The van der Waals surface area contributed by atoms with Crippen molar-refractivity contribution in [3.8, 4) is 11.3 Å². The predicted molar refractivity (Wildman–Crippen MR) is 70.2 cm³/mol. The number of hydrogen-bond donors (Lipinski definition) is 0. The maximum atomic E-state index is 14.0. The standard InChI is InChI=1S/C14H11ClFNO3/c1-19-14(18)11-12(17-20-13(11)7-5-6-7)10-8(15)3-2-4-9(10)16/h2-4,7H,5-6H2,1H3. The minimum Gasteiger partial charge on any atom is -0.465 e. The van der Waals surface area contributed by atoms with Gasteiger partial charge in [0.15, 0.2) is 5.76 Å². The summed E-state index contributed by atoms with van der Waals surface area (Å²) >= 11 is 6.01. The molecule has 0 aliphatic heterocycles. The summed E-state index contributed by atoms with van der Waals surface area (Å²) in [5, 5.41) is 4.01. The van der Waals surface area contributed by atoms with Crippen molar-refractivity contribution in [2.45, 2.75) is 18.8 Å². The average Bonchev–Trinajstić information content (AvgIpc) is 3.18. The summed E-state index contributed by atoms with van der Waals surface area (Å²) in [6.45, 7) is 0. The minimum absolute atomic E-state index is 0.0604. The molecule has 4 nitrogen and oxygen atoms in total. The third-order valence-electron chi connectivity index (χ3n) is 3.26. The zero-order valence-corrected chi connectivity index (χ0v) is 11.4. The molecular weight excluding hydrogens is 285 g/mol. The molecule has 0 saturated heterocycles. The number of ether oxygens (including phenoxy) is 1. The molecule has 0 N–H and O–H groups in total. The van der Waals surface area contributed by atoms with Crippen molar-refractivity contribution in [1.82, 2.24) is 5.16 Å². The first-order valence-corrected chi connectivity index (χ1v) is 6.53. The molecule has 0 amide bonds. The lowest BCUT2D eigenvalue weighted by Crippen LogP contribution is -2.05. The minimum atomic E-state index is -0.595. The maximum Gasteiger partial charge on any atom is 0.343 e. The van der Waals surface area contributed by atoms with Gasteiger partial charge in [-0.3, -0.25) is 0 Å². The Kier molecular flexibility index (Phi) is 3.22. The number of carbonyl (C=O) groups is 1. The van der Waals surface area contributed by atoms with E-state index in [0.717, 1.165) is 12.8 Å². The number of aromatic nitrogens is 1. The van der Waals surface area contributed by atoms with Gasteiger partial charge in [-0.25, -0.2) is 9.18 Å². The van der Waals surface area contributed by atoms with E-state index >= 15 is 0 Å². The molecule has 1 aromatic carbocycles. The molecule has 1 saturated carbocycles. The average molecular weight is 296 g/mol. The molecule has 2 aromatic rings. The monoisotopic (exact) mass is 295 g/mol. The lowest BCUT2D eigenvalue weighted by atomic mass is 10.0. The van der Waals surface area contributed by atoms with Crippen molar-refractivity contribution in [1.29, 1.82) is 0 Å². The zero-order valence-electron chi connectivity index (χ0n) is 10.7. The Balaban J connectivity index is 2.21. The molecule has 104 valence electrons. The van der Waals surface area contributed by atoms with Crippen molar-refractivity contribution >= 4 is 17.6 Å². The van der Waals surface area contributed by atoms with Crippen LogP contribution in [0.4, 0.5) is 4.39 Å². The van der Waals surface area contributed by atoms with Crippen LogP contribution in [-0.4, -0.2) is 18.2 Å². The number of rotatable bonds is 3. The molecule has 1 heterocycles. The Morgan fingerprint density at radius 3 is 2.85 bits per heavy atom. The lowest BCUT2D eigenvalue weighted by Gasteiger charge is -2.05. The van der Waals surface area contributed by atoms with Gasteiger partial charge >= 0.3 is 5.97 Å². The Bertz CT molecular complexity index is 659. The topological polar surface area (TPSA) is 52.3 Å². The van der Waals surface area contributed by atoms with E-state index in [1.54, 1.807) is 0 Å². The quantitative estimate of drug-likeness (QED) is 0.808. The molecule has 0 unspecified atom stereocenters. The van der Waals surface area contributed by atoms with E-state index in [4.69, 9.17) is 20.9 Å². The lowest BCUT2D eigenvalue weighted by molar-refractivity contribution is 0.0599. The highest BCUT2D eigenvalue weighted by atomic mass is 35.5. The third-order valence-corrected chi connectivity index (χ3v) is 3.57. The first-order valence-electron chi connectivity index (χ1n) is 6.15. The molecule has 0 radical (unpaired) electrons. The van der Waals surface area contributed by atoms with Crippen LogP contribution in [0.2, 0.25) is 5.02 Å². The van der Waals surface area contributed by atoms with Gasteiger partial charge in [0.05, 0.1) is 17.7 Å². The number of nitrogens with zero attached hydrogens (tertiary/aromatic N) is 1. The maximum absolute atomic E-state index is 14.0. The van der Waals surface area contributed by atoms with Crippen molar-refractivity contribution in [2.24, 2.45) is 0 Å². The molecule has 1 fully saturated rings. The van der Waals surface area contributed by atoms with Crippen molar-refractivity contribution in [3.05, 3.63) is 40.4 Å². The number of carbonyl (C=O) groups excluding carboxylic acids is 1. The van der Waals surface area contributed by atoms with Gasteiger partial charge in [0.25, 0.3) is 0 Å². The molecule has 0 atom stereocenters. The molecule has 0 bridgehead atoms. The number of esters is 1. The highest BCUT2D eigenvalue weighted by Crippen LogP contribution is 2.45. The summed E-state index contributed by atoms with van der Waals surface area (Å²) in [6.07, 6.45) is 1.84. The normalized spacial score (nSPS) is 14.3. The Morgan fingerprint density at radius 1 is 1.50 bits per heavy atom. The number of hydrogen-bond acceptors (Lipinski definition) is 4. The molecule has 1 aliphatic rings. The fourth-order valence-corrected chi connectivity index (χ4v) is 2.37. The molecule has 1 aromatic heterocycles. The Labute approximate surface area is 119 Å². The van der Waals surface area contributed by atoms with Crippen molar-refractivity contribution in [2.75, 3.05) is 7.11 Å². The van der Waals surface area contributed by atoms with Crippen LogP contribution in [0.1, 0.15) is 34.9 Å². The molecule has 20 heavy (non-hydrogen) atoms. The number of halogens is 2. The van der Waals surface area contributed by atoms with Gasteiger partial charge < -0.3 is 9.26 Å². The van der Waals surface area contributed by atoms with Gasteiger partial charge in [-0.05, 0) is 25.0 Å². The fourth-order valence-electron chi connectivity index (χ4n) is 2.12. The van der Waals surface area contributed by atoms with Gasteiger partial charge in [-0.1, -0.05) is 22.8 Å². The van der Waals surface area contributed by atoms with Crippen molar-refractivity contribution < 1.29 is 18.4 Å². The van der Waals surface area contributed by atoms with Crippen LogP contribution in [0.5, 0.6) is 0 Å². The largest absolute Gasteiger partial charge is 0.465 e. The van der Waals surface area contributed by atoms with Crippen LogP contribution in [0.3, 0.4) is 0 Å². The highest BCUT2D eigenvalue weighted by molar-refractivity contribution is 6.33. The van der Waals surface area contributed by atoms with Crippen LogP contribution in [-0.2, 0) is 4.74 Å². The Hall–Kier alpha value is -1.88. The summed E-state index contributed by atoms with van der Waals surface area (Å²) in [5.41, 5.74) is 0.328. The first-order chi connectivity index (χ1) is 9.63. The second-order valence-electron chi connectivity index (χ2n) is 4.63. The van der Waals surface area contributed by atoms with Gasteiger partial charge in [0.2, 0.25) is 0 Å². The molecular formula is C14H11ClFNO3. The molecule has 6 heteroatoms. The summed E-state index contributed by atoms with van der Waals surface area (Å²) in [6, 6.07) is 4.28. The number of methoxy groups -OCH3 is 1. The van der Waals surface area contributed by atoms with Gasteiger partial charge in [0, 0.05) is 5.92 Å². The van der Waals surface area contributed by atoms with E-state index in [9.17, 15) is 9.18 Å². The van der Waals surface area contributed by atoms with Crippen LogP contribution in [0, 0.1) is 5.82 Å². The Morgan fingerprint density at radius 2 is 2.25 bits per heavy atom. The summed E-state index contributed by atoms with van der Waals surface area (Å²) in [7, 11) is 1.26. The summed E-state index contributed by atoms with van der Waals surface area (Å²) in [4.78, 5) is 12.0. The molecule has 3 rings (SSSR count). The van der Waals surface area contributed by atoms with Gasteiger partial charge in [-0.15, -0.1) is 0 Å². The van der Waals surface area contributed by atoms with Gasteiger partial charge in [-0.2, -0.15) is 0 Å². The van der Waals surface area contributed by atoms with E-state index in [-0.39, 0.29) is 27.8 Å². The first kappa shape index (κ1) is 13.1. The van der Waals surface area contributed by atoms with Crippen LogP contribution in [0.25, 0.3) is 11.3 Å². The van der Waals surface area contributed by atoms with E-state index in [2.05, 4.69) is 5.16 Å². The third kappa shape index (κ3) is 2.08. The van der Waals surface area contributed by atoms with E-state index in [0.29, 0.717) is 5.76 Å². The molecule has 1 aliphatic carbocycles. The smallest absolute Gasteiger partial charge is 0.343 e. The second kappa shape index (κ2) is 4.90. The van der Waals surface area contributed by atoms with Crippen LogP contribution >= 0.6 is 11.6 Å². The van der Waals surface area contributed by atoms with Crippen molar-refractivity contribution in [3.63, 3.8) is 0 Å². The highest BCUT2D eigenvalue weighted by Gasteiger charge is 2.36. The van der Waals surface area contributed by atoms with E-state index in [1.165, 1.54) is 25.3 Å². The number of benzene rings is 1. The zero-order chi connectivity index (χ0) is 14.3. The SMILES string of the molecule is COC(=O)c1c(-c2c(F)cccc2Cl)noc1C1CC1.